The highest BCUT2D eigenvalue weighted by Crippen LogP contribution is 2.51. The zero-order valence-corrected chi connectivity index (χ0v) is 18.2. The summed E-state index contributed by atoms with van der Waals surface area (Å²) < 4.78 is 5.96. The Labute approximate surface area is 177 Å². The van der Waals surface area contributed by atoms with Crippen LogP contribution in [0.3, 0.4) is 0 Å². The Morgan fingerprint density at radius 1 is 1.00 bits per heavy atom. The number of rotatable bonds is 2. The number of hydrogen-bond donors (Lipinski definition) is 0. The molecule has 0 unspecified atom stereocenters. The minimum Gasteiger partial charge on any atom is -0.419 e. The maximum absolute atomic E-state index is 12.8. The van der Waals surface area contributed by atoms with Crippen LogP contribution in [0.4, 0.5) is 5.69 Å². The van der Waals surface area contributed by atoms with Crippen molar-refractivity contribution in [2.45, 2.75) is 51.4 Å². The van der Waals surface area contributed by atoms with Crippen LogP contribution in [0.5, 0.6) is 0 Å². The van der Waals surface area contributed by atoms with Crippen molar-refractivity contribution in [3.8, 4) is 0 Å². The van der Waals surface area contributed by atoms with Gasteiger partial charge in [0.05, 0.1) is 0 Å². The van der Waals surface area contributed by atoms with Crippen molar-refractivity contribution in [2.24, 2.45) is 0 Å². The lowest BCUT2D eigenvalue weighted by Gasteiger charge is -2.48. The quantitative estimate of drug-likeness (QED) is 0.568. The molecule has 5 rings (SSSR count). The molecule has 2 aliphatic heterocycles. The van der Waals surface area contributed by atoms with Crippen molar-refractivity contribution in [2.75, 3.05) is 18.0 Å². The molecule has 3 aromatic rings. The van der Waals surface area contributed by atoms with Crippen molar-refractivity contribution in [3.63, 3.8) is 0 Å². The van der Waals surface area contributed by atoms with Crippen LogP contribution in [-0.2, 0) is 10.8 Å². The second-order valence-corrected chi connectivity index (χ2v) is 9.88. The van der Waals surface area contributed by atoms with E-state index in [2.05, 4.69) is 38.7 Å². The minimum atomic E-state index is -0.381. The fourth-order valence-electron chi connectivity index (χ4n) is 4.89. The highest BCUT2D eigenvalue weighted by molar-refractivity contribution is 5.88. The van der Waals surface area contributed by atoms with Crippen molar-refractivity contribution < 1.29 is 4.42 Å². The fourth-order valence-corrected chi connectivity index (χ4v) is 4.89. The molecular formula is C26H28N2O2. The number of fused-ring (bicyclic) bond motifs is 2. The Kier molecular flexibility index (Phi) is 4.18. The van der Waals surface area contributed by atoms with Crippen molar-refractivity contribution in [1.82, 2.24) is 4.98 Å². The molecule has 0 saturated heterocycles. The van der Waals surface area contributed by atoms with Gasteiger partial charge < -0.3 is 9.32 Å². The zero-order valence-electron chi connectivity index (χ0n) is 18.2. The van der Waals surface area contributed by atoms with Gasteiger partial charge in [-0.05, 0) is 46.9 Å². The molecule has 154 valence electrons. The third kappa shape index (κ3) is 2.97. The summed E-state index contributed by atoms with van der Waals surface area (Å²) in [5.41, 5.74) is 6.17. The molecule has 0 N–H and O–H groups in total. The van der Waals surface area contributed by atoms with E-state index in [4.69, 9.17) is 9.40 Å². The van der Waals surface area contributed by atoms with E-state index in [9.17, 15) is 4.79 Å². The van der Waals surface area contributed by atoms with E-state index in [0.717, 1.165) is 42.6 Å². The first-order valence-electron chi connectivity index (χ1n) is 10.8. The van der Waals surface area contributed by atoms with E-state index in [-0.39, 0.29) is 16.5 Å². The van der Waals surface area contributed by atoms with Gasteiger partial charge in [0.15, 0.2) is 5.58 Å². The zero-order chi connectivity index (χ0) is 21.1. The largest absolute Gasteiger partial charge is 0.419 e. The lowest BCUT2D eigenvalue weighted by atomic mass is 9.69. The van der Waals surface area contributed by atoms with Crippen LogP contribution in [0, 0.1) is 0 Å². The Bertz CT molecular complexity index is 1220. The van der Waals surface area contributed by atoms with E-state index in [1.807, 2.05) is 36.4 Å². The van der Waals surface area contributed by atoms with Gasteiger partial charge in [-0.15, -0.1) is 0 Å². The van der Waals surface area contributed by atoms with E-state index < -0.39 is 0 Å². The molecule has 0 radical (unpaired) electrons. The molecule has 0 atom stereocenters. The van der Waals surface area contributed by atoms with E-state index >= 15 is 0 Å². The standard InChI is InChI=1S/C26H28N2O2/c1-25(2)12-14-28-15-13-26(3,4)21-22(28)18(25)16-20-23(21)30-24(29)19(27-20)11-10-17-8-6-5-7-9-17/h5-11,16H,12-15H2,1-4H3/b11-10+. The highest BCUT2D eigenvalue weighted by atomic mass is 16.4. The summed E-state index contributed by atoms with van der Waals surface area (Å²) in [6.07, 6.45) is 5.82. The van der Waals surface area contributed by atoms with Crippen molar-refractivity contribution in [1.29, 1.82) is 0 Å². The Morgan fingerprint density at radius 3 is 2.43 bits per heavy atom. The third-order valence-corrected chi connectivity index (χ3v) is 6.85. The topological polar surface area (TPSA) is 46.3 Å². The van der Waals surface area contributed by atoms with E-state index in [1.54, 1.807) is 6.08 Å². The Hall–Kier alpha value is -2.88. The summed E-state index contributed by atoms with van der Waals surface area (Å²) in [4.78, 5) is 20.1. The van der Waals surface area contributed by atoms with Crippen LogP contribution in [0.2, 0.25) is 0 Å². The Balaban J connectivity index is 1.75. The molecule has 0 spiro atoms. The van der Waals surface area contributed by atoms with Gasteiger partial charge in [-0.3, -0.25) is 0 Å². The van der Waals surface area contributed by atoms with E-state index in [0.29, 0.717) is 11.3 Å². The molecule has 0 saturated carbocycles. The number of aromatic nitrogens is 1. The van der Waals surface area contributed by atoms with Crippen LogP contribution in [0.1, 0.15) is 62.9 Å². The van der Waals surface area contributed by atoms with Gasteiger partial charge in [0.1, 0.15) is 11.2 Å². The third-order valence-electron chi connectivity index (χ3n) is 6.85. The lowest BCUT2D eigenvalue weighted by molar-refractivity contribution is 0.398. The molecule has 0 amide bonds. The van der Waals surface area contributed by atoms with Crippen LogP contribution >= 0.6 is 0 Å². The average molecular weight is 401 g/mol. The predicted octanol–water partition coefficient (Wildman–Crippen LogP) is 5.53. The molecule has 0 aliphatic carbocycles. The second-order valence-electron chi connectivity index (χ2n) is 9.88. The van der Waals surface area contributed by atoms with Crippen LogP contribution in [0.25, 0.3) is 23.3 Å². The first kappa shape index (κ1) is 19.1. The summed E-state index contributed by atoms with van der Waals surface area (Å²) in [5, 5.41) is 0. The molecular weight excluding hydrogens is 372 g/mol. The van der Waals surface area contributed by atoms with Crippen molar-refractivity contribution >= 4 is 28.9 Å². The van der Waals surface area contributed by atoms with E-state index in [1.165, 1.54) is 11.3 Å². The van der Waals surface area contributed by atoms with Gasteiger partial charge in [-0.2, -0.15) is 0 Å². The first-order chi connectivity index (χ1) is 14.3. The molecule has 2 aliphatic rings. The maximum atomic E-state index is 12.8. The van der Waals surface area contributed by atoms with Crippen LogP contribution in [-0.4, -0.2) is 18.1 Å². The molecule has 1 aromatic heterocycles. The van der Waals surface area contributed by atoms with Gasteiger partial charge in [0.2, 0.25) is 0 Å². The number of benzene rings is 2. The minimum absolute atomic E-state index is 0.0630. The number of hydrogen-bond acceptors (Lipinski definition) is 4. The number of nitrogens with zero attached hydrogens (tertiary/aromatic N) is 2. The van der Waals surface area contributed by atoms with Gasteiger partial charge in [-0.25, -0.2) is 9.78 Å². The first-order valence-corrected chi connectivity index (χ1v) is 10.8. The summed E-state index contributed by atoms with van der Waals surface area (Å²) >= 11 is 0. The molecule has 0 bridgehead atoms. The maximum Gasteiger partial charge on any atom is 0.362 e. The predicted molar refractivity (Wildman–Crippen MR) is 123 cm³/mol. The summed E-state index contributed by atoms with van der Waals surface area (Å²) in [5.74, 6) is 0. The average Bonchev–Trinajstić information content (AvgIpc) is 2.71. The molecule has 30 heavy (non-hydrogen) atoms. The molecule has 2 aromatic carbocycles. The normalized spacial score (nSPS) is 19.3. The smallest absolute Gasteiger partial charge is 0.362 e. The lowest BCUT2D eigenvalue weighted by Crippen LogP contribution is -2.44. The fraction of sp³-hybridized carbons (Fsp3) is 0.385. The van der Waals surface area contributed by atoms with Gasteiger partial charge in [-0.1, -0.05) is 64.1 Å². The summed E-state index contributed by atoms with van der Waals surface area (Å²) in [6, 6.07) is 12.1. The van der Waals surface area contributed by atoms with Gasteiger partial charge in [0.25, 0.3) is 0 Å². The summed E-state index contributed by atoms with van der Waals surface area (Å²) in [7, 11) is 0. The molecule has 0 fully saturated rings. The van der Waals surface area contributed by atoms with Crippen LogP contribution in [0.15, 0.2) is 45.6 Å². The SMILES string of the molecule is CC1(C)CCN2CCC(C)(C)c3c2c1cc1nc(/C=C/c2ccccc2)c(=O)oc31. The second kappa shape index (κ2) is 6.56. The Morgan fingerprint density at radius 2 is 1.70 bits per heavy atom. The molecule has 4 nitrogen and oxygen atoms in total. The molecule has 3 heterocycles. The molecule has 4 heteroatoms. The number of anilines is 1. The van der Waals surface area contributed by atoms with Crippen LogP contribution < -0.4 is 10.5 Å². The van der Waals surface area contributed by atoms with Gasteiger partial charge >= 0.3 is 5.63 Å². The monoisotopic (exact) mass is 400 g/mol. The highest BCUT2D eigenvalue weighted by Gasteiger charge is 2.42. The van der Waals surface area contributed by atoms with Crippen molar-refractivity contribution in [3.05, 3.63) is 69.2 Å². The summed E-state index contributed by atoms with van der Waals surface area (Å²) in [6.45, 7) is 11.2. The van der Waals surface area contributed by atoms with Gasteiger partial charge in [0, 0.05) is 24.3 Å².